The van der Waals surface area contributed by atoms with Gasteiger partial charge in [-0.25, -0.2) is 14.4 Å². The Kier molecular flexibility index (Phi) is 6.36. The van der Waals surface area contributed by atoms with E-state index >= 15 is 4.39 Å². The van der Waals surface area contributed by atoms with Crippen molar-refractivity contribution in [2.24, 2.45) is 0 Å². The summed E-state index contributed by atoms with van der Waals surface area (Å²) in [4.78, 5) is 8.83. The molecule has 2 nitrogen and oxygen atoms in total. The minimum atomic E-state index is -0.248. The summed E-state index contributed by atoms with van der Waals surface area (Å²) >= 11 is 0. The zero-order valence-electron chi connectivity index (χ0n) is 25.4. The molecule has 0 bridgehead atoms. The van der Waals surface area contributed by atoms with Crippen LogP contribution in [0, 0.1) is 5.82 Å². The van der Waals surface area contributed by atoms with E-state index in [1.165, 1.54) is 16.2 Å². The molecule has 47 heavy (non-hydrogen) atoms. The Morgan fingerprint density at radius 1 is 0.340 bits per heavy atom. The monoisotopic (exact) mass is 602 g/mol. The average Bonchev–Trinajstić information content (AvgIpc) is 3.13. The summed E-state index contributed by atoms with van der Waals surface area (Å²) in [5.41, 5.74) is 7.47. The van der Waals surface area contributed by atoms with Crippen molar-refractivity contribution in [3.05, 3.63) is 170 Å². The van der Waals surface area contributed by atoms with Gasteiger partial charge in [-0.1, -0.05) is 115 Å². The Balaban J connectivity index is 1.34. The highest BCUT2D eigenvalue weighted by Gasteiger charge is 2.19. The maximum atomic E-state index is 15.2. The molecule has 0 aliphatic rings. The fourth-order valence-corrected chi connectivity index (χ4v) is 6.95. The van der Waals surface area contributed by atoms with Gasteiger partial charge in [-0.15, -0.1) is 0 Å². The van der Waals surface area contributed by atoms with Gasteiger partial charge in [0.25, 0.3) is 0 Å². The number of nitrogens with zero attached hydrogens (tertiary/aromatic N) is 2. The molecular formula is C44H27FN2. The summed E-state index contributed by atoms with van der Waals surface area (Å²) in [7, 11) is 0. The Hall–Kier alpha value is -6.19. The number of rotatable bonds is 4. The summed E-state index contributed by atoms with van der Waals surface area (Å²) in [6.45, 7) is 0. The molecule has 0 aliphatic carbocycles. The third kappa shape index (κ3) is 4.72. The predicted molar refractivity (Wildman–Crippen MR) is 194 cm³/mol. The van der Waals surface area contributed by atoms with E-state index in [1.54, 1.807) is 24.5 Å². The topological polar surface area (TPSA) is 25.8 Å². The van der Waals surface area contributed by atoms with Crippen molar-refractivity contribution in [2.75, 3.05) is 0 Å². The molecule has 1 aromatic heterocycles. The molecule has 0 unspecified atom stereocenters. The minimum Gasteiger partial charge on any atom is -0.237 e. The van der Waals surface area contributed by atoms with Crippen LogP contribution >= 0.6 is 0 Å². The SMILES string of the molecule is Fc1ccc2c(-c3ccc4ccccc4c3)c3cc(-c4ccc(-c5ncccn5)cc4)ccc3c(-c3ccc4ccccc4c3)c2c1. The molecule has 0 atom stereocenters. The van der Waals surface area contributed by atoms with Crippen LogP contribution in [0.4, 0.5) is 4.39 Å². The molecule has 0 saturated carbocycles. The van der Waals surface area contributed by atoms with Crippen LogP contribution < -0.4 is 0 Å². The smallest absolute Gasteiger partial charge is 0.159 e. The molecule has 0 fully saturated rings. The van der Waals surface area contributed by atoms with Crippen molar-refractivity contribution in [1.29, 1.82) is 0 Å². The van der Waals surface area contributed by atoms with Gasteiger partial charge < -0.3 is 0 Å². The van der Waals surface area contributed by atoms with E-state index < -0.39 is 0 Å². The molecule has 0 spiro atoms. The van der Waals surface area contributed by atoms with Crippen LogP contribution in [0.1, 0.15) is 0 Å². The van der Waals surface area contributed by atoms with E-state index in [-0.39, 0.29) is 5.82 Å². The van der Waals surface area contributed by atoms with Crippen molar-refractivity contribution < 1.29 is 4.39 Å². The fraction of sp³-hybridized carbons (Fsp3) is 0. The summed E-state index contributed by atoms with van der Waals surface area (Å²) in [6, 6.07) is 52.1. The van der Waals surface area contributed by atoms with Crippen molar-refractivity contribution in [3.63, 3.8) is 0 Å². The van der Waals surface area contributed by atoms with E-state index in [2.05, 4.69) is 137 Å². The van der Waals surface area contributed by atoms with Crippen LogP contribution in [-0.4, -0.2) is 9.97 Å². The van der Waals surface area contributed by atoms with Gasteiger partial charge in [0.1, 0.15) is 5.82 Å². The summed E-state index contributed by atoms with van der Waals surface area (Å²) in [5.74, 6) is 0.456. The second-order valence-electron chi connectivity index (χ2n) is 12.0. The molecule has 1 heterocycles. The third-order valence-corrected chi connectivity index (χ3v) is 9.20. The second-order valence-corrected chi connectivity index (χ2v) is 12.0. The van der Waals surface area contributed by atoms with Crippen molar-refractivity contribution in [3.8, 4) is 44.8 Å². The lowest BCUT2D eigenvalue weighted by molar-refractivity contribution is 0.630. The normalized spacial score (nSPS) is 11.5. The van der Waals surface area contributed by atoms with Gasteiger partial charge >= 0.3 is 0 Å². The highest BCUT2D eigenvalue weighted by Crippen LogP contribution is 2.46. The van der Waals surface area contributed by atoms with E-state index in [4.69, 9.17) is 0 Å². The lowest BCUT2D eigenvalue weighted by Gasteiger charge is -2.19. The van der Waals surface area contributed by atoms with Gasteiger partial charge in [0, 0.05) is 18.0 Å². The van der Waals surface area contributed by atoms with Crippen LogP contribution in [0.25, 0.3) is 87.9 Å². The number of fused-ring (bicyclic) bond motifs is 4. The van der Waals surface area contributed by atoms with Gasteiger partial charge in [0.15, 0.2) is 5.82 Å². The third-order valence-electron chi connectivity index (χ3n) is 9.20. The zero-order valence-corrected chi connectivity index (χ0v) is 25.4. The quantitative estimate of drug-likeness (QED) is 0.187. The second kappa shape index (κ2) is 11.0. The van der Waals surface area contributed by atoms with E-state index in [0.29, 0.717) is 5.82 Å². The molecule has 0 N–H and O–H groups in total. The van der Waals surface area contributed by atoms with Gasteiger partial charge in [-0.2, -0.15) is 0 Å². The molecule has 0 amide bonds. The summed E-state index contributed by atoms with van der Waals surface area (Å²) < 4.78 is 15.2. The zero-order chi connectivity index (χ0) is 31.3. The maximum absolute atomic E-state index is 15.2. The molecule has 220 valence electrons. The first-order valence-corrected chi connectivity index (χ1v) is 15.7. The molecule has 3 heteroatoms. The van der Waals surface area contributed by atoms with Crippen LogP contribution in [0.2, 0.25) is 0 Å². The standard InChI is InChI=1S/C44H27FN2/c45-37-19-21-39-41(27-37)43(36-17-13-29-7-2-4-9-33(29)25-36)38-20-18-34(30-10-14-31(15-11-30)44-46-22-5-23-47-44)26-40(38)42(39)35-16-12-28-6-1-3-8-32(28)24-35/h1-27H. The van der Waals surface area contributed by atoms with Crippen molar-refractivity contribution >= 4 is 43.1 Å². The van der Waals surface area contributed by atoms with Crippen molar-refractivity contribution in [1.82, 2.24) is 9.97 Å². The first-order chi connectivity index (χ1) is 23.2. The van der Waals surface area contributed by atoms with E-state index in [9.17, 15) is 0 Å². The number of halogens is 1. The molecule has 9 rings (SSSR count). The fourth-order valence-electron chi connectivity index (χ4n) is 6.95. The van der Waals surface area contributed by atoms with Crippen LogP contribution in [-0.2, 0) is 0 Å². The van der Waals surface area contributed by atoms with Gasteiger partial charge in [-0.3, -0.25) is 0 Å². The largest absolute Gasteiger partial charge is 0.237 e. The number of hydrogen-bond acceptors (Lipinski definition) is 2. The lowest BCUT2D eigenvalue weighted by atomic mass is 9.84. The van der Waals surface area contributed by atoms with Crippen LogP contribution in [0.15, 0.2) is 164 Å². The molecular weight excluding hydrogens is 575 g/mol. The Labute approximate surface area is 271 Å². The first kappa shape index (κ1) is 27.1. The molecule has 0 radical (unpaired) electrons. The lowest BCUT2D eigenvalue weighted by Crippen LogP contribution is -1.93. The first-order valence-electron chi connectivity index (χ1n) is 15.7. The summed E-state index contributed by atoms with van der Waals surface area (Å²) in [6.07, 6.45) is 3.52. The Morgan fingerprint density at radius 2 is 0.830 bits per heavy atom. The minimum absolute atomic E-state index is 0.248. The van der Waals surface area contributed by atoms with Gasteiger partial charge in [0.2, 0.25) is 0 Å². The molecule has 0 saturated heterocycles. The Morgan fingerprint density at radius 3 is 1.45 bits per heavy atom. The number of benzene rings is 8. The van der Waals surface area contributed by atoms with E-state index in [1.807, 2.05) is 12.1 Å². The number of aromatic nitrogens is 2. The predicted octanol–water partition coefficient (Wildman–Crippen LogP) is 11.9. The van der Waals surface area contributed by atoms with Crippen molar-refractivity contribution in [2.45, 2.75) is 0 Å². The summed E-state index contributed by atoms with van der Waals surface area (Å²) in [5, 5.41) is 8.81. The van der Waals surface area contributed by atoms with Crippen LogP contribution in [0.3, 0.4) is 0 Å². The molecule has 8 aromatic carbocycles. The van der Waals surface area contributed by atoms with Gasteiger partial charge in [-0.05, 0) is 113 Å². The maximum Gasteiger partial charge on any atom is 0.159 e. The highest BCUT2D eigenvalue weighted by atomic mass is 19.1. The van der Waals surface area contributed by atoms with E-state index in [0.717, 1.165) is 65.9 Å². The van der Waals surface area contributed by atoms with Crippen LogP contribution in [0.5, 0.6) is 0 Å². The molecule has 0 aliphatic heterocycles. The highest BCUT2D eigenvalue weighted by molar-refractivity contribution is 6.22. The Bertz CT molecular complexity index is 2630. The van der Waals surface area contributed by atoms with Gasteiger partial charge in [0.05, 0.1) is 0 Å². The number of hydrogen-bond donors (Lipinski definition) is 0. The average molecular weight is 603 g/mol. The molecule has 9 aromatic rings.